The normalized spacial score (nSPS) is 17.1. The van der Waals surface area contributed by atoms with Gasteiger partial charge in [0.2, 0.25) is 0 Å². The highest BCUT2D eigenvalue weighted by Gasteiger charge is 2.21. The van der Waals surface area contributed by atoms with Crippen molar-refractivity contribution in [3.05, 3.63) is 12.3 Å². The van der Waals surface area contributed by atoms with E-state index in [0.717, 1.165) is 5.82 Å². The van der Waals surface area contributed by atoms with Crippen LogP contribution in [0.4, 0.5) is 10.6 Å². The van der Waals surface area contributed by atoms with Crippen LogP contribution < -0.4 is 10.2 Å². The van der Waals surface area contributed by atoms with Crippen molar-refractivity contribution in [2.75, 3.05) is 18.0 Å². The molecule has 1 aliphatic rings. The number of aromatic nitrogens is 2. The van der Waals surface area contributed by atoms with Crippen LogP contribution in [-0.4, -0.2) is 29.3 Å². The van der Waals surface area contributed by atoms with E-state index in [1.165, 1.54) is 0 Å². The maximum absolute atomic E-state index is 11.0. The van der Waals surface area contributed by atoms with E-state index >= 15 is 0 Å². The van der Waals surface area contributed by atoms with Gasteiger partial charge in [-0.05, 0) is 0 Å². The maximum atomic E-state index is 11.0. The number of nitrogens with one attached hydrogen (secondary N) is 2. The molecule has 0 spiro atoms. The van der Waals surface area contributed by atoms with Crippen LogP contribution >= 0.6 is 0 Å². The minimum absolute atomic E-state index is 0.0609. The first-order valence-electron chi connectivity index (χ1n) is 3.42. The fraction of sp³-hybridized carbons (Fsp3) is 0.333. The molecule has 1 aliphatic heterocycles. The van der Waals surface area contributed by atoms with Gasteiger partial charge in [-0.25, -0.2) is 4.79 Å². The summed E-state index contributed by atoms with van der Waals surface area (Å²) < 4.78 is 0. The number of nitrogens with zero attached hydrogens (tertiary/aromatic N) is 2. The largest absolute Gasteiger partial charge is 0.336 e. The zero-order valence-electron chi connectivity index (χ0n) is 5.87. The average Bonchev–Trinajstić information content (AvgIpc) is 2.55. The van der Waals surface area contributed by atoms with Gasteiger partial charge in [0.15, 0.2) is 0 Å². The molecule has 0 unspecified atom stereocenters. The molecule has 11 heavy (non-hydrogen) atoms. The van der Waals surface area contributed by atoms with Crippen LogP contribution in [0.25, 0.3) is 0 Å². The van der Waals surface area contributed by atoms with Crippen LogP contribution in [0.5, 0.6) is 0 Å². The van der Waals surface area contributed by atoms with Gasteiger partial charge in [-0.2, -0.15) is 5.10 Å². The Kier molecular flexibility index (Phi) is 1.28. The van der Waals surface area contributed by atoms with Crippen molar-refractivity contribution in [3.63, 3.8) is 0 Å². The van der Waals surface area contributed by atoms with E-state index in [9.17, 15) is 4.79 Å². The molecular weight excluding hydrogens is 144 g/mol. The summed E-state index contributed by atoms with van der Waals surface area (Å²) in [7, 11) is 0. The number of urea groups is 1. The Morgan fingerprint density at radius 2 is 2.55 bits per heavy atom. The number of amides is 2. The number of hydrogen-bond acceptors (Lipinski definition) is 2. The third kappa shape index (κ3) is 0.938. The van der Waals surface area contributed by atoms with Crippen molar-refractivity contribution in [1.82, 2.24) is 15.5 Å². The number of rotatable bonds is 1. The molecule has 2 rings (SSSR count). The molecule has 5 heteroatoms. The molecule has 2 amide bonds. The van der Waals surface area contributed by atoms with Gasteiger partial charge in [-0.15, -0.1) is 0 Å². The SMILES string of the molecule is O=C1NCCN1c1ccn[nH]1. The Morgan fingerprint density at radius 1 is 1.64 bits per heavy atom. The number of aromatic amines is 1. The molecule has 1 aromatic heterocycles. The second kappa shape index (κ2) is 2.26. The number of H-pyrrole nitrogens is 1. The van der Waals surface area contributed by atoms with Crippen molar-refractivity contribution in [2.45, 2.75) is 0 Å². The highest BCUT2D eigenvalue weighted by molar-refractivity contribution is 5.92. The summed E-state index contributed by atoms with van der Waals surface area (Å²) in [5, 5.41) is 9.18. The summed E-state index contributed by atoms with van der Waals surface area (Å²) in [5.41, 5.74) is 0. The van der Waals surface area contributed by atoms with E-state index in [1.54, 1.807) is 17.2 Å². The number of carbonyl (C=O) groups excluding carboxylic acids is 1. The lowest BCUT2D eigenvalue weighted by Gasteiger charge is -2.09. The van der Waals surface area contributed by atoms with E-state index in [-0.39, 0.29) is 6.03 Å². The molecule has 0 aliphatic carbocycles. The van der Waals surface area contributed by atoms with Gasteiger partial charge in [-0.1, -0.05) is 0 Å². The van der Waals surface area contributed by atoms with Crippen LogP contribution in [0.1, 0.15) is 0 Å². The molecule has 0 atom stereocenters. The van der Waals surface area contributed by atoms with Crippen LogP contribution in [0.15, 0.2) is 12.3 Å². The first kappa shape index (κ1) is 6.21. The average molecular weight is 152 g/mol. The Bertz CT molecular complexity index is 256. The van der Waals surface area contributed by atoms with Gasteiger partial charge in [0, 0.05) is 19.2 Å². The third-order valence-corrected chi connectivity index (χ3v) is 1.63. The Labute approximate surface area is 63.4 Å². The van der Waals surface area contributed by atoms with Crippen molar-refractivity contribution >= 4 is 11.8 Å². The lowest BCUT2D eigenvalue weighted by molar-refractivity contribution is 0.252. The minimum atomic E-state index is -0.0609. The lowest BCUT2D eigenvalue weighted by Crippen LogP contribution is -2.27. The Hall–Kier alpha value is -1.52. The third-order valence-electron chi connectivity index (χ3n) is 1.63. The summed E-state index contributed by atoms with van der Waals surface area (Å²) in [6.45, 7) is 1.42. The summed E-state index contributed by atoms with van der Waals surface area (Å²) in [6, 6.07) is 1.71. The highest BCUT2D eigenvalue weighted by atomic mass is 16.2. The fourth-order valence-electron chi connectivity index (χ4n) is 1.10. The zero-order valence-corrected chi connectivity index (χ0v) is 5.87. The summed E-state index contributed by atoms with van der Waals surface area (Å²) in [4.78, 5) is 12.7. The predicted octanol–water partition coefficient (Wildman–Crippen LogP) is -0.0607. The Balaban J connectivity index is 2.23. The van der Waals surface area contributed by atoms with Crippen molar-refractivity contribution in [1.29, 1.82) is 0 Å². The van der Waals surface area contributed by atoms with Crippen molar-refractivity contribution in [3.8, 4) is 0 Å². The highest BCUT2D eigenvalue weighted by Crippen LogP contribution is 2.10. The predicted molar refractivity (Wildman–Crippen MR) is 39.3 cm³/mol. The number of carbonyl (C=O) groups is 1. The summed E-state index contributed by atoms with van der Waals surface area (Å²) in [5.74, 6) is 0.750. The number of hydrogen-bond donors (Lipinski definition) is 2. The summed E-state index contributed by atoms with van der Waals surface area (Å²) >= 11 is 0. The van der Waals surface area contributed by atoms with Crippen LogP contribution in [0.3, 0.4) is 0 Å². The van der Waals surface area contributed by atoms with Gasteiger partial charge in [0.1, 0.15) is 5.82 Å². The van der Waals surface area contributed by atoms with Gasteiger partial charge in [0.25, 0.3) is 0 Å². The first-order valence-corrected chi connectivity index (χ1v) is 3.42. The molecule has 58 valence electrons. The topological polar surface area (TPSA) is 61.0 Å². The van der Waals surface area contributed by atoms with E-state index in [1.807, 2.05) is 0 Å². The summed E-state index contributed by atoms with van der Waals surface area (Å²) in [6.07, 6.45) is 1.63. The zero-order chi connectivity index (χ0) is 7.68. The second-order valence-corrected chi connectivity index (χ2v) is 2.33. The van der Waals surface area contributed by atoms with E-state index < -0.39 is 0 Å². The molecule has 2 heterocycles. The van der Waals surface area contributed by atoms with E-state index in [0.29, 0.717) is 13.1 Å². The molecule has 1 aromatic rings. The van der Waals surface area contributed by atoms with Crippen molar-refractivity contribution < 1.29 is 4.79 Å². The van der Waals surface area contributed by atoms with Gasteiger partial charge in [-0.3, -0.25) is 10.00 Å². The molecule has 1 saturated heterocycles. The smallest absolute Gasteiger partial charge is 0.323 e. The molecule has 0 aromatic carbocycles. The number of anilines is 1. The monoisotopic (exact) mass is 152 g/mol. The first-order chi connectivity index (χ1) is 5.38. The second-order valence-electron chi connectivity index (χ2n) is 2.33. The quantitative estimate of drug-likeness (QED) is 0.592. The van der Waals surface area contributed by atoms with E-state index in [4.69, 9.17) is 0 Å². The van der Waals surface area contributed by atoms with Gasteiger partial charge in [0.05, 0.1) is 6.20 Å². The molecule has 2 N–H and O–H groups in total. The molecular formula is C6H8N4O. The minimum Gasteiger partial charge on any atom is -0.336 e. The van der Waals surface area contributed by atoms with E-state index in [2.05, 4.69) is 15.5 Å². The molecule has 1 fully saturated rings. The standard InChI is InChI=1S/C6H8N4O/c11-6-7-3-4-10(6)5-1-2-8-9-5/h1-2H,3-4H2,(H,7,11)(H,8,9). The Morgan fingerprint density at radius 3 is 3.09 bits per heavy atom. The lowest BCUT2D eigenvalue weighted by atomic mass is 10.5. The van der Waals surface area contributed by atoms with Crippen LogP contribution in [-0.2, 0) is 0 Å². The molecule has 0 saturated carbocycles. The van der Waals surface area contributed by atoms with Gasteiger partial charge >= 0.3 is 6.03 Å². The molecule has 5 nitrogen and oxygen atoms in total. The fourth-order valence-corrected chi connectivity index (χ4v) is 1.10. The van der Waals surface area contributed by atoms with Gasteiger partial charge < -0.3 is 5.32 Å². The van der Waals surface area contributed by atoms with Crippen molar-refractivity contribution in [2.24, 2.45) is 0 Å². The van der Waals surface area contributed by atoms with Crippen LogP contribution in [0, 0.1) is 0 Å². The molecule has 0 bridgehead atoms. The van der Waals surface area contributed by atoms with Crippen LogP contribution in [0.2, 0.25) is 0 Å². The maximum Gasteiger partial charge on any atom is 0.323 e. The molecule has 0 radical (unpaired) electrons.